The number of hydrogen-bond acceptors (Lipinski definition) is 2. The molecule has 0 atom stereocenters. The van der Waals surface area contributed by atoms with E-state index < -0.39 is 0 Å². The van der Waals surface area contributed by atoms with E-state index in [1.807, 2.05) is 30.3 Å². The molecule has 2 heteroatoms. The first-order chi connectivity index (χ1) is 9.52. The van der Waals surface area contributed by atoms with E-state index in [0.29, 0.717) is 6.61 Å². The van der Waals surface area contributed by atoms with Crippen LogP contribution in [0.4, 0.5) is 0 Å². The molecule has 0 heterocycles. The molecule has 106 valence electrons. The van der Waals surface area contributed by atoms with Gasteiger partial charge in [-0.1, -0.05) is 63.2 Å². The molecular weight excluding hydrogens is 248 g/mol. The minimum Gasteiger partial charge on any atom is -0.493 e. The van der Waals surface area contributed by atoms with Crippen LogP contribution in [0.25, 0.3) is 0 Å². The van der Waals surface area contributed by atoms with Crippen molar-refractivity contribution in [2.45, 2.75) is 32.8 Å². The third kappa shape index (κ3) is 3.32. The first-order valence-electron chi connectivity index (χ1n) is 6.86. The van der Waals surface area contributed by atoms with Crippen molar-refractivity contribution in [3.8, 4) is 11.5 Å². The number of rotatable bonds is 4. The van der Waals surface area contributed by atoms with Crippen molar-refractivity contribution in [1.29, 1.82) is 0 Å². The maximum Gasteiger partial charge on any atom is 0.165 e. The first-order valence-corrected chi connectivity index (χ1v) is 6.86. The number of para-hydroxylation sites is 1. The summed E-state index contributed by atoms with van der Waals surface area (Å²) in [6.45, 7) is 7.08. The van der Waals surface area contributed by atoms with Crippen LogP contribution in [0.2, 0.25) is 0 Å². The highest BCUT2D eigenvalue weighted by Gasteiger charge is 2.21. The molecular formula is C18H22O2. The van der Waals surface area contributed by atoms with Crippen LogP contribution >= 0.6 is 0 Å². The fourth-order valence-electron chi connectivity index (χ4n) is 2.15. The van der Waals surface area contributed by atoms with E-state index in [1.54, 1.807) is 7.11 Å². The van der Waals surface area contributed by atoms with Crippen molar-refractivity contribution in [3.05, 3.63) is 59.7 Å². The second-order valence-corrected chi connectivity index (χ2v) is 5.86. The van der Waals surface area contributed by atoms with E-state index in [0.717, 1.165) is 22.6 Å². The largest absolute Gasteiger partial charge is 0.493 e. The fraction of sp³-hybridized carbons (Fsp3) is 0.333. The van der Waals surface area contributed by atoms with E-state index in [1.165, 1.54) is 0 Å². The first kappa shape index (κ1) is 14.4. The van der Waals surface area contributed by atoms with E-state index in [-0.39, 0.29) is 5.41 Å². The van der Waals surface area contributed by atoms with Crippen LogP contribution < -0.4 is 9.47 Å². The Morgan fingerprint density at radius 3 is 2.20 bits per heavy atom. The van der Waals surface area contributed by atoms with Gasteiger partial charge in [-0.25, -0.2) is 0 Å². The van der Waals surface area contributed by atoms with Crippen molar-refractivity contribution < 1.29 is 9.47 Å². The highest BCUT2D eigenvalue weighted by molar-refractivity contribution is 5.49. The predicted octanol–water partition coefficient (Wildman–Crippen LogP) is 4.57. The van der Waals surface area contributed by atoms with Gasteiger partial charge >= 0.3 is 0 Å². The Kier molecular flexibility index (Phi) is 4.33. The average molecular weight is 270 g/mol. The van der Waals surface area contributed by atoms with Crippen molar-refractivity contribution >= 4 is 0 Å². The standard InChI is InChI=1S/C18H22O2/c1-18(2,3)15-11-8-12-16(19-4)17(15)20-13-14-9-6-5-7-10-14/h5-12H,13H2,1-4H3. The molecule has 2 aromatic carbocycles. The molecule has 0 unspecified atom stereocenters. The lowest BCUT2D eigenvalue weighted by molar-refractivity contribution is 0.276. The van der Waals surface area contributed by atoms with Gasteiger partial charge in [-0.2, -0.15) is 0 Å². The Hall–Kier alpha value is -1.96. The molecule has 2 rings (SSSR count). The van der Waals surface area contributed by atoms with Gasteiger partial charge in [0.15, 0.2) is 11.5 Å². The van der Waals surface area contributed by atoms with Gasteiger partial charge in [0.05, 0.1) is 7.11 Å². The van der Waals surface area contributed by atoms with Crippen LogP contribution in [0.15, 0.2) is 48.5 Å². The van der Waals surface area contributed by atoms with Crippen molar-refractivity contribution in [2.24, 2.45) is 0 Å². The summed E-state index contributed by atoms with van der Waals surface area (Å²) < 4.78 is 11.5. The molecule has 0 spiro atoms. The van der Waals surface area contributed by atoms with Crippen LogP contribution in [0.5, 0.6) is 11.5 Å². The van der Waals surface area contributed by atoms with Gasteiger partial charge in [0.1, 0.15) is 6.61 Å². The van der Waals surface area contributed by atoms with Gasteiger partial charge in [-0.15, -0.1) is 0 Å². The number of hydrogen-bond donors (Lipinski definition) is 0. The smallest absolute Gasteiger partial charge is 0.165 e. The van der Waals surface area contributed by atoms with Gasteiger partial charge in [0, 0.05) is 5.56 Å². The molecule has 0 N–H and O–H groups in total. The molecule has 0 fully saturated rings. The highest BCUT2D eigenvalue weighted by atomic mass is 16.5. The van der Waals surface area contributed by atoms with Crippen molar-refractivity contribution in [3.63, 3.8) is 0 Å². The van der Waals surface area contributed by atoms with E-state index in [2.05, 4.69) is 39.0 Å². The molecule has 2 nitrogen and oxygen atoms in total. The minimum atomic E-state index is 0.0144. The van der Waals surface area contributed by atoms with E-state index in [9.17, 15) is 0 Å². The number of methoxy groups -OCH3 is 1. The van der Waals surface area contributed by atoms with Crippen LogP contribution in [-0.4, -0.2) is 7.11 Å². The molecule has 2 aromatic rings. The lowest BCUT2D eigenvalue weighted by atomic mass is 9.86. The second-order valence-electron chi connectivity index (χ2n) is 5.86. The average Bonchev–Trinajstić information content (AvgIpc) is 2.44. The monoisotopic (exact) mass is 270 g/mol. The molecule has 0 saturated carbocycles. The maximum atomic E-state index is 6.05. The Morgan fingerprint density at radius 2 is 1.60 bits per heavy atom. The molecule has 0 radical (unpaired) electrons. The summed E-state index contributed by atoms with van der Waals surface area (Å²) in [6, 6.07) is 16.2. The lowest BCUT2D eigenvalue weighted by Gasteiger charge is -2.24. The minimum absolute atomic E-state index is 0.0144. The predicted molar refractivity (Wildman–Crippen MR) is 82.5 cm³/mol. The van der Waals surface area contributed by atoms with E-state index >= 15 is 0 Å². The quantitative estimate of drug-likeness (QED) is 0.810. The van der Waals surface area contributed by atoms with Gasteiger partial charge in [0.2, 0.25) is 0 Å². The molecule has 20 heavy (non-hydrogen) atoms. The molecule has 0 aromatic heterocycles. The molecule has 0 bridgehead atoms. The Bertz CT molecular complexity index is 553. The zero-order chi connectivity index (χ0) is 14.6. The summed E-state index contributed by atoms with van der Waals surface area (Å²) in [5.41, 5.74) is 2.33. The third-order valence-electron chi connectivity index (χ3n) is 3.23. The maximum absolute atomic E-state index is 6.05. The van der Waals surface area contributed by atoms with Crippen LogP contribution in [0.3, 0.4) is 0 Å². The van der Waals surface area contributed by atoms with Gasteiger partial charge < -0.3 is 9.47 Å². The zero-order valence-corrected chi connectivity index (χ0v) is 12.6. The molecule has 0 saturated heterocycles. The molecule has 0 amide bonds. The van der Waals surface area contributed by atoms with Gasteiger partial charge in [0.25, 0.3) is 0 Å². The Labute approximate surface area is 121 Å². The lowest BCUT2D eigenvalue weighted by Crippen LogP contribution is -2.14. The normalized spacial score (nSPS) is 11.2. The van der Waals surface area contributed by atoms with E-state index in [4.69, 9.17) is 9.47 Å². The second kappa shape index (κ2) is 6.00. The summed E-state index contributed by atoms with van der Waals surface area (Å²) >= 11 is 0. The number of benzene rings is 2. The third-order valence-corrected chi connectivity index (χ3v) is 3.23. The van der Waals surface area contributed by atoms with Crippen molar-refractivity contribution in [2.75, 3.05) is 7.11 Å². The zero-order valence-electron chi connectivity index (χ0n) is 12.6. The summed E-state index contributed by atoms with van der Waals surface area (Å²) in [4.78, 5) is 0. The highest BCUT2D eigenvalue weighted by Crippen LogP contribution is 2.38. The SMILES string of the molecule is COc1cccc(C(C)(C)C)c1OCc1ccccc1. The molecule has 0 aliphatic carbocycles. The summed E-state index contributed by atoms with van der Waals surface area (Å²) in [7, 11) is 1.68. The van der Waals surface area contributed by atoms with Gasteiger partial charge in [-0.3, -0.25) is 0 Å². The summed E-state index contributed by atoms with van der Waals surface area (Å²) in [6.07, 6.45) is 0. The van der Waals surface area contributed by atoms with Crippen LogP contribution in [0, 0.1) is 0 Å². The van der Waals surface area contributed by atoms with Crippen LogP contribution in [-0.2, 0) is 12.0 Å². The van der Waals surface area contributed by atoms with Crippen LogP contribution in [0.1, 0.15) is 31.9 Å². The van der Waals surface area contributed by atoms with Gasteiger partial charge in [-0.05, 0) is 17.0 Å². The molecule has 0 aliphatic heterocycles. The summed E-state index contributed by atoms with van der Waals surface area (Å²) in [5.74, 6) is 1.62. The number of ether oxygens (including phenoxy) is 2. The summed E-state index contributed by atoms with van der Waals surface area (Å²) in [5, 5.41) is 0. The topological polar surface area (TPSA) is 18.5 Å². The fourth-order valence-corrected chi connectivity index (χ4v) is 2.15. The Morgan fingerprint density at radius 1 is 0.900 bits per heavy atom. The Balaban J connectivity index is 2.29. The van der Waals surface area contributed by atoms with Crippen molar-refractivity contribution in [1.82, 2.24) is 0 Å². The molecule has 0 aliphatic rings.